The smallest absolute Gasteiger partial charge is 0.227 e. The van der Waals surface area contributed by atoms with Gasteiger partial charge in [-0.15, -0.1) is 0 Å². The third kappa shape index (κ3) is 5.35. The standard InChI is InChI=1S/C50H31N5O/c1-4-15-33(16-5-1)47-52-48(34-17-6-2-7-18-34)54-49(53-47)38-23-12-21-36(30-38)37-22-13-24-39(31-37)55-44-40-25-11-10-14-32(40)26-27-41(44)42-28-29-43-46(45(42)55)56-50(51-43)35-19-8-3-9-20-35/h1-31H. The largest absolute Gasteiger partial charge is 0.434 e. The highest BCUT2D eigenvalue weighted by molar-refractivity contribution is 6.22. The Labute approximate surface area is 322 Å². The molecule has 0 radical (unpaired) electrons. The maximum absolute atomic E-state index is 6.68. The van der Waals surface area contributed by atoms with Crippen molar-refractivity contribution < 1.29 is 4.42 Å². The molecule has 3 aromatic heterocycles. The van der Waals surface area contributed by atoms with Crippen molar-refractivity contribution >= 4 is 43.7 Å². The van der Waals surface area contributed by atoms with Gasteiger partial charge in [0.25, 0.3) is 0 Å². The van der Waals surface area contributed by atoms with E-state index in [0.717, 1.165) is 72.0 Å². The molecule has 0 unspecified atom stereocenters. The lowest BCUT2D eigenvalue weighted by molar-refractivity contribution is 0.622. The zero-order valence-electron chi connectivity index (χ0n) is 30.0. The molecule has 11 rings (SSSR count). The van der Waals surface area contributed by atoms with Crippen LogP contribution in [0.15, 0.2) is 192 Å². The van der Waals surface area contributed by atoms with Gasteiger partial charge in [0, 0.05) is 44.1 Å². The number of hydrogen-bond acceptors (Lipinski definition) is 5. The number of nitrogens with zero attached hydrogens (tertiary/aromatic N) is 5. The lowest BCUT2D eigenvalue weighted by atomic mass is 10.0. The predicted molar refractivity (Wildman–Crippen MR) is 226 cm³/mol. The average molecular weight is 718 g/mol. The molecule has 0 saturated heterocycles. The average Bonchev–Trinajstić information content (AvgIpc) is 3.87. The second-order valence-electron chi connectivity index (χ2n) is 13.9. The van der Waals surface area contributed by atoms with E-state index >= 15 is 0 Å². The van der Waals surface area contributed by atoms with Gasteiger partial charge in [-0.3, -0.25) is 0 Å². The Balaban J connectivity index is 1.10. The van der Waals surface area contributed by atoms with E-state index in [4.69, 9.17) is 24.4 Å². The Morgan fingerprint density at radius 1 is 0.357 bits per heavy atom. The fourth-order valence-corrected chi connectivity index (χ4v) is 7.81. The molecule has 6 nitrogen and oxygen atoms in total. The lowest BCUT2D eigenvalue weighted by Gasteiger charge is -2.13. The molecule has 262 valence electrons. The molecule has 8 aromatic carbocycles. The van der Waals surface area contributed by atoms with Gasteiger partial charge >= 0.3 is 0 Å². The van der Waals surface area contributed by atoms with Crippen LogP contribution in [0.2, 0.25) is 0 Å². The van der Waals surface area contributed by atoms with Crippen LogP contribution in [-0.4, -0.2) is 24.5 Å². The fourth-order valence-electron chi connectivity index (χ4n) is 7.81. The molecule has 11 aromatic rings. The Bertz CT molecular complexity index is 3190. The highest BCUT2D eigenvalue weighted by Gasteiger charge is 2.21. The summed E-state index contributed by atoms with van der Waals surface area (Å²) in [6.45, 7) is 0. The van der Waals surface area contributed by atoms with E-state index in [2.05, 4.69) is 102 Å². The lowest BCUT2D eigenvalue weighted by Crippen LogP contribution is -2.00. The van der Waals surface area contributed by atoms with E-state index in [1.54, 1.807) is 0 Å². The molecule has 6 heteroatoms. The molecule has 0 atom stereocenters. The highest BCUT2D eigenvalue weighted by Crippen LogP contribution is 2.41. The zero-order valence-corrected chi connectivity index (χ0v) is 30.0. The third-order valence-electron chi connectivity index (χ3n) is 10.4. The molecule has 56 heavy (non-hydrogen) atoms. The van der Waals surface area contributed by atoms with Gasteiger partial charge in [-0.05, 0) is 59.0 Å². The van der Waals surface area contributed by atoms with E-state index < -0.39 is 0 Å². The van der Waals surface area contributed by atoms with Gasteiger partial charge in [-0.25, -0.2) is 19.9 Å². The number of benzene rings is 8. The van der Waals surface area contributed by atoms with Crippen molar-refractivity contribution in [2.45, 2.75) is 0 Å². The first-order valence-corrected chi connectivity index (χ1v) is 18.6. The van der Waals surface area contributed by atoms with Crippen LogP contribution in [0.1, 0.15) is 0 Å². The van der Waals surface area contributed by atoms with Gasteiger partial charge in [-0.1, -0.05) is 146 Å². The van der Waals surface area contributed by atoms with Crippen LogP contribution < -0.4 is 0 Å². The van der Waals surface area contributed by atoms with Gasteiger partial charge in [0.2, 0.25) is 5.89 Å². The molecule has 0 spiro atoms. The topological polar surface area (TPSA) is 69.6 Å². The summed E-state index contributed by atoms with van der Waals surface area (Å²) >= 11 is 0. The molecule has 0 bridgehead atoms. The first-order chi connectivity index (χ1) is 27.7. The molecule has 0 amide bonds. The molecular formula is C50H31N5O. The van der Waals surface area contributed by atoms with Gasteiger partial charge in [0.15, 0.2) is 23.1 Å². The normalized spacial score (nSPS) is 11.6. The Hall–Kier alpha value is -7.70. The Kier molecular flexibility index (Phi) is 7.38. The first kappa shape index (κ1) is 31.8. The third-order valence-corrected chi connectivity index (χ3v) is 10.4. The summed E-state index contributed by atoms with van der Waals surface area (Å²) in [4.78, 5) is 19.9. The van der Waals surface area contributed by atoms with E-state index in [0.29, 0.717) is 23.4 Å². The number of hydrogen-bond donors (Lipinski definition) is 0. The number of oxazole rings is 1. The van der Waals surface area contributed by atoms with Gasteiger partial charge < -0.3 is 8.98 Å². The van der Waals surface area contributed by atoms with Gasteiger partial charge in [0.1, 0.15) is 5.52 Å². The molecule has 0 aliphatic rings. The Morgan fingerprint density at radius 2 is 0.893 bits per heavy atom. The van der Waals surface area contributed by atoms with E-state index in [9.17, 15) is 0 Å². The van der Waals surface area contributed by atoms with Crippen LogP contribution in [0.3, 0.4) is 0 Å². The summed E-state index contributed by atoms with van der Waals surface area (Å²) in [6, 6.07) is 64.6. The van der Waals surface area contributed by atoms with E-state index in [-0.39, 0.29) is 0 Å². The minimum Gasteiger partial charge on any atom is -0.434 e. The fraction of sp³-hybridized carbons (Fsp3) is 0. The molecule has 0 aliphatic heterocycles. The van der Waals surface area contributed by atoms with Crippen LogP contribution in [-0.2, 0) is 0 Å². The van der Waals surface area contributed by atoms with Crippen LogP contribution >= 0.6 is 0 Å². The number of rotatable bonds is 6. The molecule has 0 saturated carbocycles. The summed E-state index contributed by atoms with van der Waals surface area (Å²) in [5.41, 5.74) is 10.5. The number of aromatic nitrogens is 5. The second-order valence-corrected chi connectivity index (χ2v) is 13.9. The van der Waals surface area contributed by atoms with Crippen molar-refractivity contribution in [1.29, 1.82) is 0 Å². The molecule has 0 aliphatic carbocycles. The zero-order chi connectivity index (χ0) is 37.0. The van der Waals surface area contributed by atoms with Crippen molar-refractivity contribution in [2.75, 3.05) is 0 Å². The quantitative estimate of drug-likeness (QED) is 0.171. The monoisotopic (exact) mass is 717 g/mol. The van der Waals surface area contributed by atoms with Gasteiger partial charge in [-0.2, -0.15) is 0 Å². The van der Waals surface area contributed by atoms with Gasteiger partial charge in [0.05, 0.1) is 11.0 Å². The summed E-state index contributed by atoms with van der Waals surface area (Å²) in [5.74, 6) is 2.49. The minimum absolute atomic E-state index is 0.601. The van der Waals surface area contributed by atoms with E-state index in [1.165, 1.54) is 10.8 Å². The van der Waals surface area contributed by atoms with Crippen LogP contribution in [0.25, 0.3) is 106 Å². The predicted octanol–water partition coefficient (Wildman–Crippen LogP) is 12.6. The highest BCUT2D eigenvalue weighted by atomic mass is 16.3. The second kappa shape index (κ2) is 13.0. The van der Waals surface area contributed by atoms with Crippen molar-refractivity contribution in [3.05, 3.63) is 188 Å². The van der Waals surface area contributed by atoms with Crippen LogP contribution in [0.4, 0.5) is 0 Å². The minimum atomic E-state index is 0.601. The number of fused-ring (bicyclic) bond motifs is 7. The maximum atomic E-state index is 6.68. The van der Waals surface area contributed by atoms with Crippen LogP contribution in [0, 0.1) is 0 Å². The summed E-state index contributed by atoms with van der Waals surface area (Å²) < 4.78 is 9.04. The van der Waals surface area contributed by atoms with Crippen molar-refractivity contribution in [2.24, 2.45) is 0 Å². The van der Waals surface area contributed by atoms with Crippen molar-refractivity contribution in [1.82, 2.24) is 24.5 Å². The van der Waals surface area contributed by atoms with Crippen LogP contribution in [0.5, 0.6) is 0 Å². The molecule has 0 N–H and O–H groups in total. The summed E-state index contributed by atoms with van der Waals surface area (Å²) in [5, 5.41) is 4.61. The SMILES string of the molecule is c1ccc(-c2nc(-c3ccccc3)nc(-c3cccc(-c4cccc(-n5c6c7ccccc7ccc6c6ccc7nc(-c8ccccc8)oc7c65)c4)c3)n2)cc1. The summed E-state index contributed by atoms with van der Waals surface area (Å²) in [7, 11) is 0. The molecular weight excluding hydrogens is 687 g/mol. The molecule has 3 heterocycles. The van der Waals surface area contributed by atoms with E-state index in [1.807, 2.05) is 91.0 Å². The Morgan fingerprint density at radius 3 is 1.61 bits per heavy atom. The van der Waals surface area contributed by atoms with Crippen molar-refractivity contribution in [3.63, 3.8) is 0 Å². The summed E-state index contributed by atoms with van der Waals surface area (Å²) in [6.07, 6.45) is 0. The first-order valence-electron chi connectivity index (χ1n) is 18.6. The van der Waals surface area contributed by atoms with Crippen molar-refractivity contribution in [3.8, 4) is 62.4 Å². The molecule has 0 fully saturated rings. The maximum Gasteiger partial charge on any atom is 0.227 e.